The van der Waals surface area contributed by atoms with Gasteiger partial charge in [-0.2, -0.15) is 0 Å². The fraction of sp³-hybridized carbons (Fsp3) is 0.143. The van der Waals surface area contributed by atoms with Gasteiger partial charge in [-0.15, -0.1) is 11.8 Å². The zero-order valence-corrected chi connectivity index (χ0v) is 13.2. The van der Waals surface area contributed by atoms with Crippen molar-refractivity contribution in [3.05, 3.63) is 45.1 Å². The molecule has 0 saturated carbocycles. The van der Waals surface area contributed by atoms with Crippen LogP contribution in [0.5, 0.6) is 0 Å². The lowest BCUT2D eigenvalue weighted by Gasteiger charge is -2.12. The highest BCUT2D eigenvalue weighted by Crippen LogP contribution is 2.40. The second-order valence-electron chi connectivity index (χ2n) is 4.65. The number of benzene rings is 1. The number of carboxylic acid groups (broad SMARTS) is 2. The van der Waals surface area contributed by atoms with Crippen molar-refractivity contribution < 1.29 is 19.8 Å². The van der Waals surface area contributed by atoms with Gasteiger partial charge in [0.2, 0.25) is 0 Å². The SMILES string of the molecule is O=C([O-])c1c(C(=O)[O-])c(-c2ccc(Cl)c(Cl)c2)n2c1CSC2. The minimum absolute atomic E-state index is 0.248. The number of hydrogen-bond donors (Lipinski definition) is 0. The van der Waals surface area contributed by atoms with Gasteiger partial charge < -0.3 is 24.4 Å². The first-order chi connectivity index (χ1) is 10.4. The molecule has 114 valence electrons. The maximum atomic E-state index is 11.5. The predicted octanol–water partition coefficient (Wildman–Crippen LogP) is 1.39. The fourth-order valence-electron chi connectivity index (χ4n) is 2.56. The normalized spacial score (nSPS) is 13.2. The van der Waals surface area contributed by atoms with Gasteiger partial charge in [-0.1, -0.05) is 29.3 Å². The summed E-state index contributed by atoms with van der Waals surface area (Å²) in [6, 6.07) is 4.62. The van der Waals surface area contributed by atoms with Crippen LogP contribution in [0.4, 0.5) is 0 Å². The maximum Gasteiger partial charge on any atom is 0.0743 e. The van der Waals surface area contributed by atoms with Crippen molar-refractivity contribution in [1.29, 1.82) is 0 Å². The molecule has 2 aromatic rings. The van der Waals surface area contributed by atoms with E-state index in [-0.39, 0.29) is 21.8 Å². The number of thioether (sulfide) groups is 1. The van der Waals surface area contributed by atoms with Gasteiger partial charge in [0.05, 0.1) is 33.6 Å². The number of aromatic nitrogens is 1. The zero-order chi connectivity index (χ0) is 16.0. The van der Waals surface area contributed by atoms with E-state index in [9.17, 15) is 19.8 Å². The van der Waals surface area contributed by atoms with Crippen LogP contribution in [-0.2, 0) is 11.6 Å². The number of aromatic carboxylic acids is 2. The molecule has 22 heavy (non-hydrogen) atoms. The summed E-state index contributed by atoms with van der Waals surface area (Å²) in [5.41, 5.74) is 0.410. The topological polar surface area (TPSA) is 85.2 Å². The van der Waals surface area contributed by atoms with Crippen LogP contribution in [0.15, 0.2) is 18.2 Å². The average molecular weight is 356 g/mol. The number of carbonyl (C=O) groups is 2. The van der Waals surface area contributed by atoms with Gasteiger partial charge >= 0.3 is 0 Å². The van der Waals surface area contributed by atoms with Crippen LogP contribution in [-0.4, -0.2) is 16.5 Å². The van der Waals surface area contributed by atoms with Gasteiger partial charge in [0.25, 0.3) is 0 Å². The Hall–Kier alpha value is -1.63. The molecule has 0 radical (unpaired) electrons. The van der Waals surface area contributed by atoms with E-state index in [0.717, 1.165) is 0 Å². The van der Waals surface area contributed by atoms with Crippen molar-refractivity contribution in [1.82, 2.24) is 4.57 Å². The van der Waals surface area contributed by atoms with Crippen LogP contribution in [0, 0.1) is 0 Å². The van der Waals surface area contributed by atoms with Crippen molar-refractivity contribution in [2.75, 3.05) is 0 Å². The Morgan fingerprint density at radius 3 is 2.36 bits per heavy atom. The minimum Gasteiger partial charge on any atom is -0.545 e. The number of hydrogen-bond acceptors (Lipinski definition) is 5. The minimum atomic E-state index is -1.56. The molecule has 0 saturated heterocycles. The molecule has 1 aromatic heterocycles. The molecule has 0 bridgehead atoms. The molecular weight excluding hydrogens is 349 g/mol. The average Bonchev–Trinajstić information content (AvgIpc) is 3.00. The highest BCUT2D eigenvalue weighted by Gasteiger charge is 2.28. The molecule has 3 rings (SSSR count). The van der Waals surface area contributed by atoms with Crippen LogP contribution in [0.3, 0.4) is 0 Å². The lowest BCUT2D eigenvalue weighted by molar-refractivity contribution is -0.259. The molecule has 8 heteroatoms. The Bertz CT molecular complexity index is 816. The molecule has 0 amide bonds. The van der Waals surface area contributed by atoms with Gasteiger partial charge in [-0.25, -0.2) is 0 Å². The molecule has 0 aliphatic carbocycles. The van der Waals surface area contributed by atoms with E-state index in [4.69, 9.17) is 23.2 Å². The summed E-state index contributed by atoms with van der Waals surface area (Å²) in [7, 11) is 0. The monoisotopic (exact) mass is 355 g/mol. The summed E-state index contributed by atoms with van der Waals surface area (Å²) in [6.07, 6.45) is 0. The van der Waals surface area contributed by atoms with E-state index < -0.39 is 11.9 Å². The second kappa shape index (κ2) is 5.53. The first kappa shape index (κ1) is 15.3. The summed E-state index contributed by atoms with van der Waals surface area (Å²) in [4.78, 5) is 22.9. The van der Waals surface area contributed by atoms with E-state index >= 15 is 0 Å². The lowest BCUT2D eigenvalue weighted by Crippen LogP contribution is -2.30. The summed E-state index contributed by atoms with van der Waals surface area (Å²) in [5.74, 6) is -2.26. The second-order valence-corrected chi connectivity index (χ2v) is 6.42. The van der Waals surface area contributed by atoms with Crippen molar-refractivity contribution in [2.45, 2.75) is 11.6 Å². The van der Waals surface area contributed by atoms with Crippen LogP contribution in [0.1, 0.15) is 26.4 Å². The van der Waals surface area contributed by atoms with Gasteiger partial charge in [0.15, 0.2) is 0 Å². The van der Waals surface area contributed by atoms with Crippen molar-refractivity contribution in [2.24, 2.45) is 0 Å². The van der Waals surface area contributed by atoms with Crippen molar-refractivity contribution >= 4 is 46.9 Å². The quantitative estimate of drug-likeness (QED) is 0.830. The fourth-order valence-corrected chi connectivity index (χ4v) is 3.91. The van der Waals surface area contributed by atoms with E-state index in [1.54, 1.807) is 10.6 Å². The van der Waals surface area contributed by atoms with Crippen LogP contribution in [0.2, 0.25) is 10.0 Å². The number of carboxylic acids is 2. The van der Waals surface area contributed by atoms with E-state index in [0.29, 0.717) is 27.9 Å². The number of fused-ring (bicyclic) bond motifs is 1. The number of halogens is 2. The molecule has 0 unspecified atom stereocenters. The molecule has 0 N–H and O–H groups in total. The van der Waals surface area contributed by atoms with Crippen LogP contribution < -0.4 is 10.2 Å². The van der Waals surface area contributed by atoms with E-state index in [1.165, 1.54) is 23.9 Å². The Morgan fingerprint density at radius 2 is 1.77 bits per heavy atom. The van der Waals surface area contributed by atoms with Crippen LogP contribution >= 0.6 is 35.0 Å². The smallest absolute Gasteiger partial charge is 0.0743 e. The van der Waals surface area contributed by atoms with Gasteiger partial charge in [0, 0.05) is 28.1 Å². The maximum absolute atomic E-state index is 11.5. The molecule has 1 aliphatic rings. The third-order valence-electron chi connectivity index (χ3n) is 3.43. The number of nitrogens with zero attached hydrogens (tertiary/aromatic N) is 1. The first-order valence-corrected chi connectivity index (χ1v) is 8.04. The van der Waals surface area contributed by atoms with Crippen molar-refractivity contribution in [3.8, 4) is 11.3 Å². The Kier molecular flexibility index (Phi) is 3.84. The van der Waals surface area contributed by atoms with Gasteiger partial charge in [0.1, 0.15) is 0 Å². The van der Waals surface area contributed by atoms with Crippen LogP contribution in [0.25, 0.3) is 11.3 Å². The first-order valence-electron chi connectivity index (χ1n) is 6.13. The highest BCUT2D eigenvalue weighted by atomic mass is 35.5. The zero-order valence-electron chi connectivity index (χ0n) is 10.9. The molecule has 1 aliphatic heterocycles. The third-order valence-corrected chi connectivity index (χ3v) is 5.09. The predicted molar refractivity (Wildman–Crippen MR) is 79.8 cm³/mol. The summed E-state index contributed by atoms with van der Waals surface area (Å²) in [6.45, 7) is 0. The molecule has 2 heterocycles. The Morgan fingerprint density at radius 1 is 1.09 bits per heavy atom. The third kappa shape index (κ3) is 2.27. The molecular formula is C14H7Cl2NO4S-2. The van der Waals surface area contributed by atoms with Crippen molar-refractivity contribution in [3.63, 3.8) is 0 Å². The summed E-state index contributed by atoms with van der Waals surface area (Å²) in [5, 5.41) is 23.4. The molecule has 0 fully saturated rings. The summed E-state index contributed by atoms with van der Waals surface area (Å²) < 4.78 is 1.64. The summed E-state index contributed by atoms with van der Waals surface area (Å²) >= 11 is 13.3. The highest BCUT2D eigenvalue weighted by molar-refractivity contribution is 7.97. The molecule has 1 aromatic carbocycles. The molecule has 0 spiro atoms. The standard InChI is InChI=1S/C14H9Cl2NO4S/c15-7-2-1-6(3-8(7)16)12-11(14(20)21)10(13(18)19)9-4-22-5-17(9)12/h1-3H,4-5H2,(H,18,19)(H,20,21)/p-2. The number of rotatable bonds is 3. The Labute approximate surface area is 139 Å². The molecule has 0 atom stereocenters. The van der Waals surface area contributed by atoms with Gasteiger partial charge in [-0.3, -0.25) is 0 Å². The number of carbonyl (C=O) groups excluding carboxylic acids is 2. The van der Waals surface area contributed by atoms with Gasteiger partial charge in [-0.05, 0) is 12.1 Å². The Balaban J connectivity index is 2.35. The lowest BCUT2D eigenvalue weighted by atomic mass is 10.0. The van der Waals surface area contributed by atoms with E-state index in [2.05, 4.69) is 0 Å². The molecule has 5 nitrogen and oxygen atoms in total. The largest absolute Gasteiger partial charge is 0.545 e. The van der Waals surface area contributed by atoms with E-state index in [1.807, 2.05) is 0 Å².